The molecule has 0 fully saturated rings. The van der Waals surface area contributed by atoms with Crippen LogP contribution in [0.2, 0.25) is 0 Å². The van der Waals surface area contributed by atoms with Crippen LogP contribution in [0.5, 0.6) is 0 Å². The van der Waals surface area contributed by atoms with Crippen molar-refractivity contribution in [2.45, 2.75) is 6.92 Å². The molecule has 0 aromatic heterocycles. The first-order valence-electron chi connectivity index (χ1n) is 2.53. The molecule has 0 bridgehead atoms. The molecule has 0 unspecified atom stereocenters. The van der Waals surface area contributed by atoms with E-state index in [1.165, 1.54) is 10.0 Å². The van der Waals surface area contributed by atoms with Crippen molar-refractivity contribution in [3.63, 3.8) is 0 Å². The molecule has 0 amide bonds. The van der Waals surface area contributed by atoms with Crippen molar-refractivity contribution in [2.75, 3.05) is 0 Å². The van der Waals surface area contributed by atoms with Gasteiger partial charge < -0.3 is 0 Å². The molecule has 1 rings (SSSR count). The average Bonchev–Trinajstić information content (AvgIpc) is 1.77. The van der Waals surface area contributed by atoms with E-state index >= 15 is 0 Å². The Morgan fingerprint density at radius 3 is 1.89 bits per heavy atom. The minimum Gasteiger partial charge on any atom is 0 e. The van der Waals surface area contributed by atoms with E-state index < -0.39 is 0 Å². The second-order valence-corrected chi connectivity index (χ2v) is 2.80. The van der Waals surface area contributed by atoms with E-state index in [0.717, 1.165) is 0 Å². The van der Waals surface area contributed by atoms with Crippen molar-refractivity contribution >= 4 is 20.5 Å². The molecule has 0 aliphatic heterocycles. The number of hydrogen-bond acceptors (Lipinski definition) is 0. The first kappa shape index (κ1) is 9.26. The van der Waals surface area contributed by atoms with E-state index in [1.54, 1.807) is 0 Å². The van der Waals surface area contributed by atoms with Crippen molar-refractivity contribution in [1.29, 1.82) is 0 Å². The Kier molecular flexibility index (Phi) is 4.25. The van der Waals surface area contributed by atoms with Gasteiger partial charge in [0.2, 0.25) is 0 Å². The van der Waals surface area contributed by atoms with E-state index in [0.29, 0.717) is 0 Å². The second kappa shape index (κ2) is 4.13. The molecule has 0 spiro atoms. The zero-order chi connectivity index (χ0) is 5.98. The van der Waals surface area contributed by atoms with Gasteiger partial charge in [-0.3, -0.25) is 0 Å². The number of aryl methyl sites for hydroxylation is 1. The van der Waals surface area contributed by atoms with Gasteiger partial charge in [0, 0.05) is 17.1 Å². The van der Waals surface area contributed by atoms with Crippen LogP contribution < -0.4 is 4.46 Å². The van der Waals surface area contributed by atoms with E-state index in [2.05, 4.69) is 47.2 Å². The summed E-state index contributed by atoms with van der Waals surface area (Å²) in [6.45, 7) is 2.08. The van der Waals surface area contributed by atoms with Gasteiger partial charge in [-0.05, 0) is 0 Å². The van der Waals surface area contributed by atoms with Crippen LogP contribution in [-0.2, 0) is 17.1 Å². The van der Waals surface area contributed by atoms with Crippen molar-refractivity contribution < 1.29 is 17.1 Å². The quantitative estimate of drug-likeness (QED) is 0.581. The normalized spacial score (nSPS) is 8.11. The summed E-state index contributed by atoms with van der Waals surface area (Å²) in [6, 6.07) is 8.31. The summed E-state index contributed by atoms with van der Waals surface area (Å²) in [7, 11) is 0. The molecule has 0 saturated heterocycles. The van der Waals surface area contributed by atoms with Crippen LogP contribution in [0.3, 0.4) is 0 Å². The van der Waals surface area contributed by atoms with E-state index in [4.69, 9.17) is 0 Å². The van der Waals surface area contributed by atoms with Crippen LogP contribution in [0.25, 0.3) is 0 Å². The molecule has 0 saturated carbocycles. The first-order valence-corrected chi connectivity index (χ1v) is 3.38. The van der Waals surface area contributed by atoms with Gasteiger partial charge in [-0.25, -0.2) is 0 Å². The maximum atomic E-state index is 2.93. The van der Waals surface area contributed by atoms with Gasteiger partial charge in [-0.15, -0.1) is 0 Å². The van der Waals surface area contributed by atoms with E-state index in [9.17, 15) is 0 Å². The number of hydrogen-bond donors (Lipinski definition) is 0. The molecule has 52 valence electrons. The molecule has 0 aliphatic rings. The Hall–Kier alpha value is 0.259. The summed E-state index contributed by atoms with van der Waals surface area (Å²) < 4.78 is 1.20. The Bertz CT molecular complexity index is 148. The molecule has 1 aromatic rings. The standard InChI is InChI=1S/C7H7Se.Cu/c1-6-2-4-7(8)5-3-6;/h2-5H,1H3;. The summed E-state index contributed by atoms with van der Waals surface area (Å²) >= 11 is 2.93. The molecule has 2 radical (unpaired) electrons. The van der Waals surface area contributed by atoms with Crippen molar-refractivity contribution in [3.05, 3.63) is 29.8 Å². The van der Waals surface area contributed by atoms with Crippen LogP contribution in [0.1, 0.15) is 5.56 Å². The molecular weight excluding hydrogens is 227 g/mol. The summed E-state index contributed by atoms with van der Waals surface area (Å²) in [5, 5.41) is 0. The van der Waals surface area contributed by atoms with Gasteiger partial charge in [0.25, 0.3) is 0 Å². The van der Waals surface area contributed by atoms with Crippen molar-refractivity contribution in [3.8, 4) is 0 Å². The van der Waals surface area contributed by atoms with Crippen LogP contribution in [-0.4, -0.2) is 16.0 Å². The van der Waals surface area contributed by atoms with Gasteiger partial charge in [0.15, 0.2) is 0 Å². The van der Waals surface area contributed by atoms with Gasteiger partial charge in [-0.2, -0.15) is 0 Å². The third-order valence-corrected chi connectivity index (χ3v) is 1.59. The Morgan fingerprint density at radius 1 is 1.11 bits per heavy atom. The summed E-state index contributed by atoms with van der Waals surface area (Å²) in [5.41, 5.74) is 1.31. The summed E-state index contributed by atoms with van der Waals surface area (Å²) in [6.07, 6.45) is 0. The molecular formula is C7H7CuSe. The Labute approximate surface area is 74.3 Å². The van der Waals surface area contributed by atoms with Crippen molar-refractivity contribution in [2.24, 2.45) is 0 Å². The Balaban J connectivity index is 0.000000640. The summed E-state index contributed by atoms with van der Waals surface area (Å²) in [5.74, 6) is 0. The van der Waals surface area contributed by atoms with E-state index in [-0.39, 0.29) is 17.1 Å². The molecule has 0 atom stereocenters. The van der Waals surface area contributed by atoms with Gasteiger partial charge in [0.1, 0.15) is 0 Å². The molecule has 2 heteroatoms. The largest absolute Gasteiger partial charge is 0 e. The van der Waals surface area contributed by atoms with Crippen LogP contribution >= 0.6 is 0 Å². The molecule has 0 heterocycles. The van der Waals surface area contributed by atoms with Gasteiger partial charge >= 0.3 is 57.2 Å². The average molecular weight is 234 g/mol. The van der Waals surface area contributed by atoms with Crippen LogP contribution in [0.15, 0.2) is 24.3 Å². The molecule has 9 heavy (non-hydrogen) atoms. The monoisotopic (exact) mass is 234 g/mol. The van der Waals surface area contributed by atoms with E-state index in [1.807, 2.05) is 0 Å². The zero-order valence-electron chi connectivity index (χ0n) is 5.02. The predicted octanol–water partition coefficient (Wildman–Crippen LogP) is 0.786. The molecule has 0 nitrogen and oxygen atoms in total. The fourth-order valence-corrected chi connectivity index (χ4v) is 0.824. The number of benzene rings is 1. The first-order chi connectivity index (χ1) is 3.79. The fourth-order valence-electron chi connectivity index (χ4n) is 0.538. The SMILES string of the molecule is Cc1ccc([Se])cc1.[Cu]. The molecule has 0 aliphatic carbocycles. The third kappa shape index (κ3) is 3.07. The predicted molar refractivity (Wildman–Crippen MR) is 36.6 cm³/mol. The smallest absolute Gasteiger partial charge is 0 e. The molecule has 0 N–H and O–H groups in total. The minimum absolute atomic E-state index is 0. The van der Waals surface area contributed by atoms with Crippen LogP contribution in [0, 0.1) is 6.92 Å². The van der Waals surface area contributed by atoms with Gasteiger partial charge in [0.05, 0.1) is 0 Å². The Morgan fingerprint density at radius 2 is 1.56 bits per heavy atom. The third-order valence-electron chi connectivity index (χ3n) is 1.02. The zero-order valence-corrected chi connectivity index (χ0v) is 7.67. The topological polar surface area (TPSA) is 0 Å². The van der Waals surface area contributed by atoms with Crippen molar-refractivity contribution in [1.82, 2.24) is 0 Å². The maximum Gasteiger partial charge on any atom is 0 e. The fraction of sp³-hybridized carbons (Fsp3) is 0.143. The minimum atomic E-state index is 0. The summed E-state index contributed by atoms with van der Waals surface area (Å²) in [4.78, 5) is 0. The maximum absolute atomic E-state index is 2.93. The molecule has 1 aromatic carbocycles. The van der Waals surface area contributed by atoms with Crippen LogP contribution in [0.4, 0.5) is 0 Å². The number of rotatable bonds is 0. The van der Waals surface area contributed by atoms with Gasteiger partial charge in [-0.1, -0.05) is 0 Å². The second-order valence-electron chi connectivity index (χ2n) is 1.81.